The van der Waals surface area contributed by atoms with Crippen molar-refractivity contribution >= 4 is 34.6 Å². The van der Waals surface area contributed by atoms with Crippen LogP contribution in [0.3, 0.4) is 0 Å². The Hall–Kier alpha value is -2.94. The van der Waals surface area contributed by atoms with Crippen molar-refractivity contribution in [2.24, 2.45) is 0 Å². The second kappa shape index (κ2) is 11.0. The molecule has 9 heteroatoms. The van der Waals surface area contributed by atoms with Gasteiger partial charge in [-0.3, -0.25) is 15.0 Å². The number of carbonyl (C=O) groups is 2. The Morgan fingerprint density at radius 1 is 1.22 bits per heavy atom. The third-order valence-electron chi connectivity index (χ3n) is 6.42. The number of ether oxygens (including phenoxy) is 2. The van der Waals surface area contributed by atoms with Crippen LogP contribution in [0.4, 0.5) is 0 Å². The predicted octanol–water partition coefficient (Wildman–Crippen LogP) is 5.11. The van der Waals surface area contributed by atoms with Gasteiger partial charge in [0.15, 0.2) is 17.3 Å². The smallest absolute Gasteiger partial charge is 0.303 e. The number of methoxy groups -OCH3 is 1. The average Bonchev–Trinajstić information content (AvgIpc) is 3.61. The number of ketones is 1. The minimum absolute atomic E-state index is 0. The topological polar surface area (TPSA) is 113 Å². The zero-order valence-electron chi connectivity index (χ0n) is 21.2. The van der Waals surface area contributed by atoms with Gasteiger partial charge in [0.2, 0.25) is 0 Å². The molecular weight excluding hydrogens is 526 g/mol. The first-order valence-corrected chi connectivity index (χ1v) is 12.0. The molecule has 0 unspecified atom stereocenters. The molecule has 8 nitrogen and oxygen atoms in total. The second-order valence-corrected chi connectivity index (χ2v) is 10.3. The Balaban J connectivity index is 0.00000361. The summed E-state index contributed by atoms with van der Waals surface area (Å²) < 4.78 is 11.5. The standard InChI is InChI=1S/C27H33N3O5.BrH/c1-27(2,3)19-12-18(13-22(34-4)25(19)35-11-5-6-23(32)33)21(31)15-30-14-17-9-10-20(16-7-8-16)29-24(17)26(30)28;/h9-10,12-13,16,28H,5-8,11,14-15H2,1-4H3,(H,32,33);1H. The maximum absolute atomic E-state index is 13.4. The van der Waals surface area contributed by atoms with E-state index in [1.807, 2.05) is 39.0 Å². The minimum atomic E-state index is -0.869. The Labute approximate surface area is 222 Å². The highest BCUT2D eigenvalue weighted by Gasteiger charge is 2.32. The predicted molar refractivity (Wildman–Crippen MR) is 142 cm³/mol. The van der Waals surface area contributed by atoms with Crippen molar-refractivity contribution in [2.45, 2.75) is 64.3 Å². The van der Waals surface area contributed by atoms with Crippen molar-refractivity contribution in [2.75, 3.05) is 20.3 Å². The number of hydrogen-bond acceptors (Lipinski definition) is 6. The first kappa shape index (κ1) is 27.6. The van der Waals surface area contributed by atoms with E-state index in [4.69, 9.17) is 25.0 Å². The molecule has 1 aromatic heterocycles. The molecule has 2 aromatic rings. The van der Waals surface area contributed by atoms with Gasteiger partial charge < -0.3 is 19.5 Å². The number of halogens is 1. The van der Waals surface area contributed by atoms with Crippen molar-refractivity contribution in [1.82, 2.24) is 9.88 Å². The molecule has 0 atom stereocenters. The molecule has 2 aliphatic rings. The van der Waals surface area contributed by atoms with E-state index in [0.717, 1.165) is 29.7 Å². The summed E-state index contributed by atoms with van der Waals surface area (Å²) in [5, 5.41) is 17.5. The number of nitrogens with zero attached hydrogens (tertiary/aromatic N) is 2. The first-order chi connectivity index (χ1) is 16.6. The zero-order valence-corrected chi connectivity index (χ0v) is 22.9. The molecule has 1 aliphatic heterocycles. The van der Waals surface area contributed by atoms with Gasteiger partial charge >= 0.3 is 5.97 Å². The van der Waals surface area contributed by atoms with E-state index >= 15 is 0 Å². The molecule has 1 aromatic carbocycles. The number of amidine groups is 1. The molecule has 194 valence electrons. The maximum atomic E-state index is 13.4. The molecule has 2 N–H and O–H groups in total. The number of carboxylic acids is 1. The Morgan fingerprint density at radius 2 is 1.94 bits per heavy atom. The van der Waals surface area contributed by atoms with Crippen LogP contribution in [0.25, 0.3) is 0 Å². The molecule has 2 heterocycles. The average molecular weight is 560 g/mol. The van der Waals surface area contributed by atoms with Gasteiger partial charge in [-0.2, -0.15) is 0 Å². The van der Waals surface area contributed by atoms with Crippen molar-refractivity contribution in [3.8, 4) is 11.5 Å². The van der Waals surface area contributed by atoms with Crippen LogP contribution in [-0.2, 0) is 16.8 Å². The largest absolute Gasteiger partial charge is 0.493 e. The number of rotatable bonds is 10. The van der Waals surface area contributed by atoms with Gasteiger partial charge in [0.1, 0.15) is 11.5 Å². The van der Waals surface area contributed by atoms with E-state index in [1.165, 1.54) is 7.11 Å². The van der Waals surface area contributed by atoms with Crippen molar-refractivity contribution in [1.29, 1.82) is 5.41 Å². The number of aliphatic carboxylic acids is 1. The summed E-state index contributed by atoms with van der Waals surface area (Å²) in [7, 11) is 1.52. The van der Waals surface area contributed by atoms with Crippen LogP contribution in [0.15, 0.2) is 24.3 Å². The molecular formula is C27H34BrN3O5. The Kier molecular flexibility index (Phi) is 8.44. The van der Waals surface area contributed by atoms with Gasteiger partial charge in [0.05, 0.1) is 20.3 Å². The molecule has 0 spiro atoms. The lowest BCUT2D eigenvalue weighted by molar-refractivity contribution is -0.137. The normalized spacial score (nSPS) is 14.8. The summed E-state index contributed by atoms with van der Waals surface area (Å²) in [5.74, 6) is 0.776. The number of Topliss-reactive ketones (excluding diaryl/α,β-unsaturated/α-hetero) is 1. The van der Waals surface area contributed by atoms with Crippen LogP contribution < -0.4 is 9.47 Å². The summed E-state index contributed by atoms with van der Waals surface area (Å²) in [6.45, 7) is 6.87. The highest BCUT2D eigenvalue weighted by molar-refractivity contribution is 8.93. The van der Waals surface area contributed by atoms with E-state index in [9.17, 15) is 9.59 Å². The molecule has 1 saturated carbocycles. The lowest BCUT2D eigenvalue weighted by atomic mass is 9.84. The summed E-state index contributed by atoms with van der Waals surface area (Å²) >= 11 is 0. The maximum Gasteiger partial charge on any atom is 0.303 e. The molecule has 36 heavy (non-hydrogen) atoms. The van der Waals surface area contributed by atoms with Crippen molar-refractivity contribution < 1.29 is 24.2 Å². The molecule has 0 amide bonds. The van der Waals surface area contributed by atoms with Crippen molar-refractivity contribution in [3.05, 3.63) is 52.3 Å². The number of benzene rings is 1. The Bertz CT molecular complexity index is 1170. The van der Waals surface area contributed by atoms with Crippen LogP contribution in [0, 0.1) is 5.41 Å². The minimum Gasteiger partial charge on any atom is -0.493 e. The van der Waals surface area contributed by atoms with Gasteiger partial charge in [-0.25, -0.2) is 4.98 Å². The van der Waals surface area contributed by atoms with Crippen LogP contribution >= 0.6 is 17.0 Å². The van der Waals surface area contributed by atoms with Crippen LogP contribution in [0.1, 0.15) is 85.2 Å². The number of carboxylic acid groups (broad SMARTS) is 1. The fourth-order valence-electron chi connectivity index (χ4n) is 4.29. The summed E-state index contributed by atoms with van der Waals surface area (Å²) in [4.78, 5) is 30.6. The summed E-state index contributed by atoms with van der Waals surface area (Å²) in [6, 6.07) is 7.57. The number of fused-ring (bicyclic) bond motifs is 1. The molecule has 0 bridgehead atoms. The summed E-state index contributed by atoms with van der Waals surface area (Å²) in [6.07, 6.45) is 2.69. The summed E-state index contributed by atoms with van der Waals surface area (Å²) in [5.41, 5.74) is 3.66. The first-order valence-electron chi connectivity index (χ1n) is 12.0. The molecule has 1 aliphatic carbocycles. The fourth-order valence-corrected chi connectivity index (χ4v) is 4.29. The van der Waals surface area contributed by atoms with E-state index < -0.39 is 5.97 Å². The van der Waals surface area contributed by atoms with Gasteiger partial charge in [-0.1, -0.05) is 26.8 Å². The lowest BCUT2D eigenvalue weighted by Crippen LogP contribution is -2.30. The van der Waals surface area contributed by atoms with Crippen LogP contribution in [0.5, 0.6) is 11.5 Å². The van der Waals surface area contributed by atoms with E-state index in [0.29, 0.717) is 41.6 Å². The highest BCUT2D eigenvalue weighted by atomic mass is 79.9. The number of nitrogens with one attached hydrogen (secondary N) is 1. The van der Waals surface area contributed by atoms with Crippen LogP contribution in [-0.4, -0.2) is 52.8 Å². The monoisotopic (exact) mass is 559 g/mol. The SMILES string of the molecule is Br.COc1cc(C(=O)CN2Cc3ccc(C4CC4)nc3C2=N)cc(C(C)(C)C)c1OCCCC(=O)O. The van der Waals surface area contributed by atoms with Crippen LogP contribution in [0.2, 0.25) is 0 Å². The van der Waals surface area contributed by atoms with E-state index in [1.54, 1.807) is 11.0 Å². The second-order valence-electron chi connectivity index (χ2n) is 10.3. The molecule has 0 saturated heterocycles. The van der Waals surface area contributed by atoms with Gasteiger partial charge in [0, 0.05) is 41.3 Å². The quantitative estimate of drug-likeness (QED) is 0.307. The van der Waals surface area contributed by atoms with Gasteiger partial charge in [-0.05, 0) is 42.9 Å². The van der Waals surface area contributed by atoms with Gasteiger partial charge in [0.25, 0.3) is 0 Å². The molecule has 1 fully saturated rings. The molecule has 0 radical (unpaired) electrons. The third-order valence-corrected chi connectivity index (χ3v) is 6.42. The van der Waals surface area contributed by atoms with Crippen molar-refractivity contribution in [3.63, 3.8) is 0 Å². The van der Waals surface area contributed by atoms with Gasteiger partial charge in [-0.15, -0.1) is 17.0 Å². The third kappa shape index (κ3) is 6.06. The lowest BCUT2D eigenvalue weighted by Gasteiger charge is -2.26. The number of carbonyl (C=O) groups excluding carboxylic acids is 1. The number of aromatic nitrogens is 1. The number of pyridine rings is 1. The fraction of sp³-hybridized carbons (Fsp3) is 0.481. The zero-order chi connectivity index (χ0) is 25.3. The van der Waals surface area contributed by atoms with E-state index in [2.05, 4.69) is 0 Å². The Morgan fingerprint density at radius 3 is 2.56 bits per heavy atom. The number of hydrogen-bond donors (Lipinski definition) is 2. The molecule has 4 rings (SSSR count). The highest BCUT2D eigenvalue weighted by Crippen LogP contribution is 2.41. The van der Waals surface area contributed by atoms with E-state index in [-0.39, 0.29) is 53.6 Å².